The van der Waals surface area contributed by atoms with Crippen LogP contribution in [0.4, 0.5) is 0 Å². The van der Waals surface area contributed by atoms with Crippen molar-refractivity contribution in [3.63, 3.8) is 0 Å². The molecule has 0 N–H and O–H groups in total. The first-order valence-corrected chi connectivity index (χ1v) is 7.87. The number of carbonyl (C=O) groups is 1. The molecule has 4 heteroatoms. The fourth-order valence-corrected chi connectivity index (χ4v) is 3.02. The van der Waals surface area contributed by atoms with Crippen molar-refractivity contribution < 1.29 is 9.53 Å². The summed E-state index contributed by atoms with van der Waals surface area (Å²) in [5.41, 5.74) is 1.89. The lowest BCUT2D eigenvalue weighted by Gasteiger charge is -2.40. The Balaban J connectivity index is 1.86. The number of rotatable bonds is 3. The van der Waals surface area contributed by atoms with Crippen LogP contribution in [0.15, 0.2) is 54.6 Å². The molecule has 0 aliphatic carbocycles. The summed E-state index contributed by atoms with van der Waals surface area (Å²) in [6.07, 6.45) is 0. The molecule has 1 fully saturated rings. The van der Waals surface area contributed by atoms with Gasteiger partial charge in [-0.2, -0.15) is 0 Å². The van der Waals surface area contributed by atoms with Crippen molar-refractivity contribution in [2.75, 3.05) is 33.8 Å². The minimum absolute atomic E-state index is 0.0783. The van der Waals surface area contributed by atoms with Crippen molar-refractivity contribution in [3.8, 4) is 5.75 Å². The molecular weight excluding hydrogens is 288 g/mol. The smallest absolute Gasteiger partial charge is 0.254 e. The molecule has 23 heavy (non-hydrogen) atoms. The van der Waals surface area contributed by atoms with Crippen LogP contribution in [0.25, 0.3) is 0 Å². The van der Waals surface area contributed by atoms with Crippen molar-refractivity contribution in [1.29, 1.82) is 0 Å². The first-order valence-electron chi connectivity index (χ1n) is 7.87. The van der Waals surface area contributed by atoms with Gasteiger partial charge in [-0.3, -0.25) is 4.79 Å². The second-order valence-corrected chi connectivity index (χ2v) is 5.92. The molecule has 0 radical (unpaired) electrons. The number of benzene rings is 2. The standard InChI is InChI=1S/C19H22N2O2/c1-20-12-13-21(18(14-20)15-6-4-3-5-7-15)19(22)16-8-10-17(23-2)11-9-16/h3-11,18H,12-14H2,1-2H3/t18-/m1/s1. The lowest BCUT2D eigenvalue weighted by atomic mass is 10.0. The molecule has 2 aromatic carbocycles. The predicted molar refractivity (Wildman–Crippen MR) is 90.7 cm³/mol. The van der Waals surface area contributed by atoms with Crippen molar-refractivity contribution in [1.82, 2.24) is 9.80 Å². The zero-order valence-electron chi connectivity index (χ0n) is 13.6. The number of carbonyl (C=O) groups excluding carboxylic acids is 1. The average molecular weight is 310 g/mol. The normalized spacial score (nSPS) is 18.7. The van der Waals surface area contributed by atoms with E-state index in [1.165, 1.54) is 5.56 Å². The molecule has 1 heterocycles. The van der Waals surface area contributed by atoms with Crippen molar-refractivity contribution in [2.24, 2.45) is 0 Å². The highest BCUT2D eigenvalue weighted by Gasteiger charge is 2.30. The second-order valence-electron chi connectivity index (χ2n) is 5.92. The molecule has 4 nitrogen and oxygen atoms in total. The molecule has 1 saturated heterocycles. The molecule has 120 valence electrons. The van der Waals surface area contributed by atoms with Crippen LogP contribution in [-0.4, -0.2) is 49.5 Å². The van der Waals surface area contributed by atoms with Crippen LogP contribution in [-0.2, 0) is 0 Å². The maximum atomic E-state index is 13.0. The highest BCUT2D eigenvalue weighted by Crippen LogP contribution is 2.27. The third-order valence-corrected chi connectivity index (χ3v) is 4.37. The van der Waals surface area contributed by atoms with Crippen LogP contribution < -0.4 is 4.74 Å². The fraction of sp³-hybridized carbons (Fsp3) is 0.316. The molecule has 1 aliphatic rings. The molecule has 1 atom stereocenters. The lowest BCUT2D eigenvalue weighted by Crippen LogP contribution is -2.49. The summed E-state index contributed by atoms with van der Waals surface area (Å²) in [4.78, 5) is 17.2. The predicted octanol–water partition coefficient (Wildman–Crippen LogP) is 2.82. The van der Waals surface area contributed by atoms with Gasteiger partial charge in [-0.1, -0.05) is 30.3 Å². The van der Waals surface area contributed by atoms with Gasteiger partial charge in [0.15, 0.2) is 0 Å². The number of piperazine rings is 1. The molecule has 0 saturated carbocycles. The topological polar surface area (TPSA) is 32.8 Å². The van der Waals surface area contributed by atoms with Crippen LogP contribution in [0.1, 0.15) is 22.0 Å². The quantitative estimate of drug-likeness (QED) is 0.874. The van der Waals surface area contributed by atoms with E-state index in [0.717, 1.165) is 25.4 Å². The summed E-state index contributed by atoms with van der Waals surface area (Å²) < 4.78 is 5.17. The average Bonchev–Trinajstić information content (AvgIpc) is 2.62. The molecule has 1 aliphatic heterocycles. The third-order valence-electron chi connectivity index (χ3n) is 4.37. The summed E-state index contributed by atoms with van der Waals surface area (Å²) in [6, 6.07) is 17.7. The Kier molecular flexibility index (Phi) is 4.63. The zero-order valence-corrected chi connectivity index (χ0v) is 13.6. The highest BCUT2D eigenvalue weighted by atomic mass is 16.5. The molecule has 0 unspecified atom stereocenters. The summed E-state index contributed by atoms with van der Waals surface area (Å²) in [5, 5.41) is 0. The van der Waals surface area contributed by atoms with Crippen LogP contribution in [0, 0.1) is 0 Å². The summed E-state index contributed by atoms with van der Waals surface area (Å²) >= 11 is 0. The Bertz CT molecular complexity index is 655. The van der Waals surface area contributed by atoms with Gasteiger partial charge >= 0.3 is 0 Å². The SMILES string of the molecule is COc1ccc(C(=O)N2CCN(C)C[C@@H]2c2ccccc2)cc1. The van der Waals surface area contributed by atoms with Gasteiger partial charge in [0, 0.05) is 25.2 Å². The van der Waals surface area contributed by atoms with Crippen molar-refractivity contribution >= 4 is 5.91 Å². The number of hydrogen-bond acceptors (Lipinski definition) is 3. The second kappa shape index (κ2) is 6.84. The number of likely N-dealkylation sites (N-methyl/N-ethyl adjacent to an activating group) is 1. The van der Waals surface area contributed by atoms with E-state index in [1.807, 2.05) is 47.4 Å². The lowest BCUT2D eigenvalue weighted by molar-refractivity contribution is 0.0498. The van der Waals surface area contributed by atoms with E-state index in [0.29, 0.717) is 5.56 Å². The van der Waals surface area contributed by atoms with Gasteiger partial charge in [0.25, 0.3) is 5.91 Å². The number of amides is 1. The maximum absolute atomic E-state index is 13.0. The molecule has 0 aromatic heterocycles. The largest absolute Gasteiger partial charge is 0.497 e. The van der Waals surface area contributed by atoms with Gasteiger partial charge in [0.2, 0.25) is 0 Å². The van der Waals surface area contributed by atoms with Gasteiger partial charge in [-0.25, -0.2) is 0 Å². The van der Waals surface area contributed by atoms with Gasteiger partial charge in [0.1, 0.15) is 5.75 Å². The van der Waals surface area contributed by atoms with E-state index in [1.54, 1.807) is 7.11 Å². The van der Waals surface area contributed by atoms with Crippen LogP contribution in [0.5, 0.6) is 5.75 Å². The molecule has 3 rings (SSSR count). The minimum Gasteiger partial charge on any atom is -0.497 e. The molecular formula is C19H22N2O2. The van der Waals surface area contributed by atoms with Crippen LogP contribution in [0.3, 0.4) is 0 Å². The highest BCUT2D eigenvalue weighted by molar-refractivity contribution is 5.94. The van der Waals surface area contributed by atoms with E-state index in [2.05, 4.69) is 24.1 Å². The third kappa shape index (κ3) is 3.37. The van der Waals surface area contributed by atoms with Crippen LogP contribution >= 0.6 is 0 Å². The first-order chi connectivity index (χ1) is 11.2. The van der Waals surface area contributed by atoms with E-state index < -0.39 is 0 Å². The van der Waals surface area contributed by atoms with E-state index in [4.69, 9.17) is 4.74 Å². The van der Waals surface area contributed by atoms with Crippen molar-refractivity contribution in [3.05, 3.63) is 65.7 Å². The Labute approximate surface area is 137 Å². The molecule has 2 aromatic rings. The van der Waals surface area contributed by atoms with Gasteiger partial charge in [-0.05, 0) is 36.9 Å². The Morgan fingerprint density at radius 3 is 2.39 bits per heavy atom. The monoisotopic (exact) mass is 310 g/mol. The maximum Gasteiger partial charge on any atom is 0.254 e. The van der Waals surface area contributed by atoms with Gasteiger partial charge in [0.05, 0.1) is 13.2 Å². The molecule has 0 bridgehead atoms. The van der Waals surface area contributed by atoms with Gasteiger partial charge < -0.3 is 14.5 Å². The number of ether oxygens (including phenoxy) is 1. The van der Waals surface area contributed by atoms with E-state index >= 15 is 0 Å². The van der Waals surface area contributed by atoms with Crippen molar-refractivity contribution in [2.45, 2.75) is 6.04 Å². The first kappa shape index (κ1) is 15.6. The minimum atomic E-state index is 0.0783. The number of nitrogens with zero attached hydrogens (tertiary/aromatic N) is 2. The number of hydrogen-bond donors (Lipinski definition) is 0. The van der Waals surface area contributed by atoms with Gasteiger partial charge in [-0.15, -0.1) is 0 Å². The fourth-order valence-electron chi connectivity index (χ4n) is 3.02. The van der Waals surface area contributed by atoms with E-state index in [9.17, 15) is 4.79 Å². The van der Waals surface area contributed by atoms with E-state index in [-0.39, 0.29) is 11.9 Å². The summed E-state index contributed by atoms with van der Waals surface area (Å²) in [5.74, 6) is 0.842. The number of methoxy groups -OCH3 is 1. The summed E-state index contributed by atoms with van der Waals surface area (Å²) in [6.45, 7) is 2.48. The Morgan fingerprint density at radius 1 is 1.04 bits per heavy atom. The molecule has 1 amide bonds. The zero-order chi connectivity index (χ0) is 16.2. The Morgan fingerprint density at radius 2 is 1.74 bits per heavy atom. The van der Waals surface area contributed by atoms with Crippen LogP contribution in [0.2, 0.25) is 0 Å². The molecule has 0 spiro atoms. The Hall–Kier alpha value is -2.33. The summed E-state index contributed by atoms with van der Waals surface area (Å²) in [7, 11) is 3.73.